The van der Waals surface area contributed by atoms with Gasteiger partial charge in [-0.15, -0.1) is 0 Å². The Kier molecular flexibility index (Phi) is 5.40. The van der Waals surface area contributed by atoms with Crippen LogP contribution in [0.3, 0.4) is 0 Å². The van der Waals surface area contributed by atoms with Crippen molar-refractivity contribution in [2.75, 3.05) is 37.6 Å². The summed E-state index contributed by atoms with van der Waals surface area (Å²) in [5.41, 5.74) is 3.17. The Balaban J connectivity index is 1.57. The molecule has 29 heavy (non-hydrogen) atoms. The number of fused-ring (bicyclic) bond motifs is 1. The number of carbonyl (C=O) groups is 1. The van der Waals surface area contributed by atoms with E-state index in [-0.39, 0.29) is 17.1 Å². The number of rotatable bonds is 4. The average Bonchev–Trinajstić information content (AvgIpc) is 2.94. The Bertz CT molecular complexity index is 914. The fourth-order valence-corrected chi connectivity index (χ4v) is 4.39. The van der Waals surface area contributed by atoms with Crippen molar-refractivity contribution in [2.45, 2.75) is 38.6 Å². The van der Waals surface area contributed by atoms with Crippen molar-refractivity contribution in [3.05, 3.63) is 59.2 Å². The number of benzene rings is 1. The predicted molar refractivity (Wildman–Crippen MR) is 113 cm³/mol. The summed E-state index contributed by atoms with van der Waals surface area (Å²) in [6.07, 6.45) is 2.28. The van der Waals surface area contributed by atoms with Crippen molar-refractivity contribution in [3.8, 4) is 0 Å². The summed E-state index contributed by atoms with van der Waals surface area (Å²) < 4.78 is 14.1. The molecule has 4 rings (SSSR count). The molecule has 1 aromatic heterocycles. The van der Waals surface area contributed by atoms with Crippen molar-refractivity contribution in [2.24, 2.45) is 0 Å². The Morgan fingerprint density at radius 1 is 1.34 bits per heavy atom. The third kappa shape index (κ3) is 4.19. The molecular weight excluding hydrogens is 367 g/mol. The number of amides is 1. The first kappa shape index (κ1) is 20.0. The maximum Gasteiger partial charge on any atom is 0.241 e. The van der Waals surface area contributed by atoms with Gasteiger partial charge < -0.3 is 10.2 Å². The quantitative estimate of drug-likeness (QED) is 0.863. The average molecular weight is 397 g/mol. The molecule has 1 saturated heterocycles. The highest BCUT2D eigenvalue weighted by molar-refractivity contribution is 5.97. The van der Waals surface area contributed by atoms with Crippen LogP contribution in [0.2, 0.25) is 0 Å². The minimum absolute atomic E-state index is 0.107. The molecule has 1 N–H and O–H groups in total. The zero-order valence-electron chi connectivity index (χ0n) is 17.4. The molecule has 0 aliphatic carbocycles. The SMILES string of the molecule is CC1CN(CC(=O)N2CC(C)(C)c3ncc(Cc4ccccc4F)cc32)CCN1. The summed E-state index contributed by atoms with van der Waals surface area (Å²) in [5, 5.41) is 3.41. The molecule has 1 unspecified atom stereocenters. The lowest BCUT2D eigenvalue weighted by Crippen LogP contribution is -2.52. The van der Waals surface area contributed by atoms with Crippen LogP contribution in [0.1, 0.15) is 37.6 Å². The molecule has 1 atom stereocenters. The molecule has 3 heterocycles. The van der Waals surface area contributed by atoms with Gasteiger partial charge in [0, 0.05) is 50.3 Å². The molecule has 0 bridgehead atoms. The largest absolute Gasteiger partial charge is 0.312 e. The van der Waals surface area contributed by atoms with Gasteiger partial charge in [0.1, 0.15) is 5.82 Å². The molecule has 5 nitrogen and oxygen atoms in total. The lowest BCUT2D eigenvalue weighted by atomic mass is 9.91. The second kappa shape index (κ2) is 7.84. The highest BCUT2D eigenvalue weighted by Gasteiger charge is 2.40. The first-order chi connectivity index (χ1) is 13.8. The van der Waals surface area contributed by atoms with E-state index in [0.717, 1.165) is 36.6 Å². The van der Waals surface area contributed by atoms with Crippen molar-refractivity contribution < 1.29 is 9.18 Å². The van der Waals surface area contributed by atoms with Crippen LogP contribution in [-0.4, -0.2) is 54.6 Å². The minimum atomic E-state index is -0.214. The van der Waals surface area contributed by atoms with E-state index in [2.05, 4.69) is 36.0 Å². The smallest absolute Gasteiger partial charge is 0.241 e. The summed E-state index contributed by atoms with van der Waals surface area (Å²) in [7, 11) is 0. The summed E-state index contributed by atoms with van der Waals surface area (Å²) in [4.78, 5) is 21.9. The zero-order chi connectivity index (χ0) is 20.6. The molecule has 154 valence electrons. The summed E-state index contributed by atoms with van der Waals surface area (Å²) in [6.45, 7) is 10.1. The second-order valence-electron chi connectivity index (χ2n) is 8.93. The van der Waals surface area contributed by atoms with Gasteiger partial charge in [0.15, 0.2) is 0 Å². The predicted octanol–water partition coefficient (Wildman–Crippen LogP) is 2.73. The first-order valence-corrected chi connectivity index (χ1v) is 10.3. The Labute approximate surface area is 171 Å². The number of nitrogens with one attached hydrogen (secondary N) is 1. The lowest BCUT2D eigenvalue weighted by Gasteiger charge is -2.32. The van der Waals surface area contributed by atoms with Gasteiger partial charge in [-0.3, -0.25) is 14.7 Å². The van der Waals surface area contributed by atoms with E-state index in [4.69, 9.17) is 0 Å². The number of pyridine rings is 1. The van der Waals surface area contributed by atoms with Gasteiger partial charge in [0.2, 0.25) is 5.91 Å². The topological polar surface area (TPSA) is 48.5 Å². The van der Waals surface area contributed by atoms with E-state index >= 15 is 0 Å². The monoisotopic (exact) mass is 396 g/mol. The molecular formula is C23H29FN4O. The lowest BCUT2D eigenvalue weighted by molar-refractivity contribution is -0.120. The van der Waals surface area contributed by atoms with Crippen LogP contribution < -0.4 is 10.2 Å². The molecule has 6 heteroatoms. The number of hydrogen-bond acceptors (Lipinski definition) is 4. The number of aromatic nitrogens is 1. The van der Waals surface area contributed by atoms with Crippen LogP contribution in [-0.2, 0) is 16.6 Å². The third-order valence-corrected chi connectivity index (χ3v) is 5.87. The molecule has 0 radical (unpaired) electrons. The summed E-state index contributed by atoms with van der Waals surface area (Å²) in [5.74, 6) is -0.107. The van der Waals surface area contributed by atoms with Crippen LogP contribution in [0, 0.1) is 5.82 Å². The highest BCUT2D eigenvalue weighted by atomic mass is 19.1. The summed E-state index contributed by atoms with van der Waals surface area (Å²) >= 11 is 0. The van der Waals surface area contributed by atoms with E-state index < -0.39 is 0 Å². The van der Waals surface area contributed by atoms with Gasteiger partial charge in [-0.05, 0) is 30.2 Å². The standard InChI is InChI=1S/C23H29FN4O/c1-16-13-27(9-8-25-16)14-21(29)28-15-23(2,3)22-20(28)11-17(12-26-22)10-18-6-4-5-7-19(18)24/h4-7,11-12,16,25H,8-10,13-15H2,1-3H3. The van der Waals surface area contributed by atoms with Crippen LogP contribution >= 0.6 is 0 Å². The molecule has 2 aliphatic heterocycles. The van der Waals surface area contributed by atoms with E-state index in [1.807, 2.05) is 23.2 Å². The highest BCUT2D eigenvalue weighted by Crippen LogP contribution is 2.39. The van der Waals surface area contributed by atoms with E-state index in [1.165, 1.54) is 6.07 Å². The number of nitrogens with zero attached hydrogens (tertiary/aromatic N) is 3. The Hall–Kier alpha value is -2.31. The maximum atomic E-state index is 14.1. The van der Waals surface area contributed by atoms with Crippen molar-refractivity contribution in [1.29, 1.82) is 0 Å². The van der Waals surface area contributed by atoms with Gasteiger partial charge in [0.25, 0.3) is 0 Å². The van der Waals surface area contributed by atoms with E-state index in [9.17, 15) is 9.18 Å². The maximum absolute atomic E-state index is 14.1. The van der Waals surface area contributed by atoms with Gasteiger partial charge >= 0.3 is 0 Å². The molecule has 0 saturated carbocycles. The molecule has 1 amide bonds. The first-order valence-electron chi connectivity index (χ1n) is 10.3. The number of hydrogen-bond donors (Lipinski definition) is 1. The van der Waals surface area contributed by atoms with Crippen molar-refractivity contribution in [3.63, 3.8) is 0 Å². The van der Waals surface area contributed by atoms with Crippen molar-refractivity contribution in [1.82, 2.24) is 15.2 Å². The van der Waals surface area contributed by atoms with Gasteiger partial charge in [-0.25, -0.2) is 4.39 Å². The summed E-state index contributed by atoms with van der Waals surface area (Å²) in [6, 6.07) is 9.21. The van der Waals surface area contributed by atoms with Crippen LogP contribution in [0.25, 0.3) is 0 Å². The normalized spacial score (nSPS) is 21.2. The molecule has 2 aromatic rings. The number of anilines is 1. The minimum Gasteiger partial charge on any atom is -0.312 e. The van der Waals surface area contributed by atoms with Crippen molar-refractivity contribution >= 4 is 11.6 Å². The number of halogens is 1. The zero-order valence-corrected chi connectivity index (χ0v) is 17.4. The fraction of sp³-hybridized carbons (Fsp3) is 0.478. The van der Waals surface area contributed by atoms with E-state index in [1.54, 1.807) is 12.1 Å². The van der Waals surface area contributed by atoms with E-state index in [0.29, 0.717) is 31.1 Å². The van der Waals surface area contributed by atoms with Gasteiger partial charge in [-0.2, -0.15) is 0 Å². The molecule has 2 aliphatic rings. The van der Waals surface area contributed by atoms with Crippen LogP contribution in [0.4, 0.5) is 10.1 Å². The number of piperazine rings is 1. The molecule has 1 aromatic carbocycles. The van der Waals surface area contributed by atoms with Gasteiger partial charge in [0.05, 0.1) is 17.9 Å². The van der Waals surface area contributed by atoms with Crippen LogP contribution in [0.5, 0.6) is 0 Å². The van der Waals surface area contributed by atoms with Crippen LogP contribution in [0.15, 0.2) is 36.5 Å². The Morgan fingerprint density at radius 2 is 2.14 bits per heavy atom. The Morgan fingerprint density at radius 3 is 2.90 bits per heavy atom. The second-order valence-corrected chi connectivity index (χ2v) is 8.93. The fourth-order valence-electron chi connectivity index (χ4n) is 4.39. The molecule has 0 spiro atoms. The molecule has 1 fully saturated rings. The van der Waals surface area contributed by atoms with Gasteiger partial charge in [-0.1, -0.05) is 32.0 Å². The third-order valence-electron chi connectivity index (χ3n) is 5.87. The number of carbonyl (C=O) groups excluding carboxylic acids is 1.